The van der Waals surface area contributed by atoms with Crippen LogP contribution in [0.2, 0.25) is 10.0 Å². The van der Waals surface area contributed by atoms with Gasteiger partial charge in [-0.15, -0.1) is 0 Å². The highest BCUT2D eigenvalue weighted by Gasteiger charge is 2.42. The lowest BCUT2D eigenvalue weighted by molar-refractivity contribution is -0.142. The predicted molar refractivity (Wildman–Crippen MR) is 139 cm³/mol. The Morgan fingerprint density at radius 2 is 1.89 bits per heavy atom. The SMILES string of the molecule is COCC(=O)N1CCC(C(=O)N2CC(c3ccc(Cl)c(Cl)c3)C(C(C)Oc3ccc(C#N)cn3)C2)CC1. The fraction of sp³-hybridized carbons (Fsp3) is 0.481. The molecule has 2 fully saturated rings. The van der Waals surface area contributed by atoms with Crippen LogP contribution in [0.15, 0.2) is 36.5 Å². The van der Waals surface area contributed by atoms with Crippen molar-refractivity contribution in [3.05, 3.63) is 57.7 Å². The van der Waals surface area contributed by atoms with E-state index in [1.165, 1.54) is 13.3 Å². The van der Waals surface area contributed by atoms with Crippen LogP contribution >= 0.6 is 23.2 Å². The van der Waals surface area contributed by atoms with Gasteiger partial charge >= 0.3 is 0 Å². The number of hydrogen-bond donors (Lipinski definition) is 0. The van der Waals surface area contributed by atoms with Crippen molar-refractivity contribution < 1.29 is 19.1 Å². The van der Waals surface area contributed by atoms with Crippen molar-refractivity contribution >= 4 is 35.0 Å². The van der Waals surface area contributed by atoms with Gasteiger partial charge in [0.1, 0.15) is 18.8 Å². The maximum absolute atomic E-state index is 13.6. The van der Waals surface area contributed by atoms with Crippen LogP contribution in [-0.4, -0.2) is 72.6 Å². The third-order valence-corrected chi connectivity index (χ3v) is 8.03. The molecule has 196 valence electrons. The third-order valence-electron chi connectivity index (χ3n) is 7.29. The van der Waals surface area contributed by atoms with Crippen LogP contribution in [0.4, 0.5) is 0 Å². The Bertz CT molecular complexity index is 1160. The first-order valence-electron chi connectivity index (χ1n) is 12.3. The molecule has 3 unspecified atom stereocenters. The molecule has 0 aliphatic carbocycles. The second-order valence-electron chi connectivity index (χ2n) is 9.60. The molecule has 37 heavy (non-hydrogen) atoms. The number of halogens is 2. The lowest BCUT2D eigenvalue weighted by atomic mass is 9.86. The average molecular weight is 545 g/mol. The van der Waals surface area contributed by atoms with Crippen molar-refractivity contribution in [1.29, 1.82) is 5.26 Å². The first-order valence-corrected chi connectivity index (χ1v) is 13.1. The Labute approximate surface area is 227 Å². The van der Waals surface area contributed by atoms with Crippen LogP contribution in [0, 0.1) is 23.2 Å². The Morgan fingerprint density at radius 3 is 2.51 bits per heavy atom. The van der Waals surface area contributed by atoms with E-state index in [9.17, 15) is 9.59 Å². The largest absolute Gasteiger partial charge is 0.474 e. The van der Waals surface area contributed by atoms with E-state index < -0.39 is 0 Å². The summed E-state index contributed by atoms with van der Waals surface area (Å²) in [6, 6.07) is 11.0. The Kier molecular flexibility index (Phi) is 8.91. The summed E-state index contributed by atoms with van der Waals surface area (Å²) in [5, 5.41) is 9.98. The van der Waals surface area contributed by atoms with Gasteiger partial charge in [0.05, 0.1) is 15.6 Å². The second-order valence-corrected chi connectivity index (χ2v) is 10.4. The molecule has 1 aromatic heterocycles. The van der Waals surface area contributed by atoms with Gasteiger partial charge in [-0.1, -0.05) is 29.3 Å². The molecule has 2 amide bonds. The van der Waals surface area contributed by atoms with E-state index in [1.807, 2.05) is 24.0 Å². The van der Waals surface area contributed by atoms with Crippen molar-refractivity contribution in [3.8, 4) is 11.9 Å². The van der Waals surface area contributed by atoms with E-state index in [-0.39, 0.29) is 42.3 Å². The number of benzene rings is 1. The summed E-state index contributed by atoms with van der Waals surface area (Å²) >= 11 is 12.5. The van der Waals surface area contributed by atoms with Gasteiger partial charge in [-0.2, -0.15) is 5.26 Å². The summed E-state index contributed by atoms with van der Waals surface area (Å²) in [5.74, 6) is 0.345. The Balaban J connectivity index is 1.49. The molecule has 0 N–H and O–H groups in total. The van der Waals surface area contributed by atoms with Gasteiger partial charge in [0.2, 0.25) is 17.7 Å². The van der Waals surface area contributed by atoms with Gasteiger partial charge in [-0.25, -0.2) is 4.98 Å². The predicted octanol–water partition coefficient (Wildman–Crippen LogP) is 4.15. The molecule has 0 bridgehead atoms. The first kappa shape index (κ1) is 27.2. The molecular formula is C27H30Cl2N4O4. The van der Waals surface area contributed by atoms with E-state index in [1.54, 1.807) is 23.1 Å². The summed E-state index contributed by atoms with van der Waals surface area (Å²) in [7, 11) is 1.50. The number of rotatable bonds is 7. The average Bonchev–Trinajstić information content (AvgIpc) is 3.36. The quantitative estimate of drug-likeness (QED) is 0.519. The number of aromatic nitrogens is 1. The molecular weight excluding hydrogens is 515 g/mol. The molecule has 2 aliphatic rings. The fourth-order valence-corrected chi connectivity index (χ4v) is 5.53. The highest BCUT2D eigenvalue weighted by molar-refractivity contribution is 6.42. The summed E-state index contributed by atoms with van der Waals surface area (Å²) in [6.07, 6.45) is 2.49. The number of carbonyl (C=O) groups is 2. The molecule has 1 aromatic carbocycles. The maximum atomic E-state index is 13.6. The fourth-order valence-electron chi connectivity index (χ4n) is 5.22. The van der Waals surface area contributed by atoms with E-state index in [4.69, 9.17) is 37.9 Å². The van der Waals surface area contributed by atoms with Crippen molar-refractivity contribution in [1.82, 2.24) is 14.8 Å². The minimum absolute atomic E-state index is 0.00420. The standard InChI is InChI=1S/C27H30Cl2N4O4/c1-17(37-25-6-3-18(12-30)13-31-25)21-14-33(15-22(21)20-4-5-23(28)24(29)11-20)27(35)19-7-9-32(10-8-19)26(34)16-36-2/h3-6,11,13,17,19,21-22H,7-10,14-16H2,1-2H3. The smallest absolute Gasteiger partial charge is 0.248 e. The van der Waals surface area contributed by atoms with E-state index >= 15 is 0 Å². The number of hydrogen-bond acceptors (Lipinski definition) is 6. The van der Waals surface area contributed by atoms with Crippen molar-refractivity contribution in [2.75, 3.05) is 39.9 Å². The molecule has 0 radical (unpaired) electrons. The second kappa shape index (κ2) is 12.1. The number of piperidine rings is 1. The Morgan fingerprint density at radius 1 is 1.14 bits per heavy atom. The van der Waals surface area contributed by atoms with Gasteiger partial charge in [-0.3, -0.25) is 9.59 Å². The summed E-state index contributed by atoms with van der Waals surface area (Å²) in [5.41, 5.74) is 1.46. The van der Waals surface area contributed by atoms with Gasteiger partial charge in [0.25, 0.3) is 0 Å². The van der Waals surface area contributed by atoms with Crippen LogP contribution in [0.3, 0.4) is 0 Å². The van der Waals surface area contributed by atoms with E-state index in [0.717, 1.165) is 5.56 Å². The molecule has 3 heterocycles. The number of pyridine rings is 1. The van der Waals surface area contributed by atoms with Crippen LogP contribution in [0.5, 0.6) is 5.88 Å². The van der Waals surface area contributed by atoms with Gasteiger partial charge in [0.15, 0.2) is 0 Å². The summed E-state index contributed by atoms with van der Waals surface area (Å²) < 4.78 is 11.1. The zero-order valence-electron chi connectivity index (χ0n) is 20.9. The van der Waals surface area contributed by atoms with Crippen molar-refractivity contribution in [2.24, 2.45) is 11.8 Å². The number of amides is 2. The molecule has 8 nitrogen and oxygen atoms in total. The Hall–Kier alpha value is -2.86. The monoisotopic (exact) mass is 544 g/mol. The molecule has 4 rings (SSSR count). The lowest BCUT2D eigenvalue weighted by Crippen LogP contribution is -2.45. The van der Waals surface area contributed by atoms with Gasteiger partial charge in [-0.05, 0) is 43.5 Å². The third kappa shape index (κ3) is 6.35. The summed E-state index contributed by atoms with van der Waals surface area (Å²) in [4.78, 5) is 33.6. The number of carbonyl (C=O) groups excluding carboxylic acids is 2. The van der Waals surface area contributed by atoms with E-state index in [0.29, 0.717) is 60.5 Å². The van der Waals surface area contributed by atoms with Crippen LogP contribution in [0.25, 0.3) is 0 Å². The minimum atomic E-state index is -0.258. The number of ether oxygens (including phenoxy) is 2. The van der Waals surface area contributed by atoms with Gasteiger partial charge < -0.3 is 19.3 Å². The molecule has 2 saturated heterocycles. The van der Waals surface area contributed by atoms with Crippen molar-refractivity contribution in [3.63, 3.8) is 0 Å². The number of nitriles is 1. The van der Waals surface area contributed by atoms with Crippen LogP contribution in [-0.2, 0) is 14.3 Å². The van der Waals surface area contributed by atoms with E-state index in [2.05, 4.69) is 11.1 Å². The highest BCUT2D eigenvalue weighted by Crippen LogP contribution is 2.39. The van der Waals surface area contributed by atoms with Crippen molar-refractivity contribution in [2.45, 2.75) is 31.8 Å². The molecule has 2 aromatic rings. The molecule has 0 spiro atoms. The molecule has 10 heteroatoms. The maximum Gasteiger partial charge on any atom is 0.248 e. The number of methoxy groups -OCH3 is 1. The van der Waals surface area contributed by atoms with Crippen LogP contribution in [0.1, 0.15) is 36.8 Å². The molecule has 3 atom stereocenters. The lowest BCUT2D eigenvalue weighted by Gasteiger charge is -2.33. The number of likely N-dealkylation sites (tertiary alicyclic amines) is 2. The minimum Gasteiger partial charge on any atom is -0.474 e. The first-order chi connectivity index (χ1) is 17.8. The topological polar surface area (TPSA) is 95.8 Å². The number of nitrogens with zero attached hydrogens (tertiary/aromatic N) is 4. The normalized spacial score (nSPS) is 20.9. The van der Waals surface area contributed by atoms with Gasteiger partial charge in [0, 0.05) is 63.3 Å². The zero-order chi connectivity index (χ0) is 26.5. The zero-order valence-corrected chi connectivity index (χ0v) is 22.4. The molecule has 2 aliphatic heterocycles. The molecule has 0 saturated carbocycles. The highest BCUT2D eigenvalue weighted by atomic mass is 35.5. The van der Waals surface area contributed by atoms with Crippen LogP contribution < -0.4 is 4.74 Å². The summed E-state index contributed by atoms with van der Waals surface area (Å²) in [6.45, 7) is 4.21.